The average Bonchev–Trinajstić information content (AvgIpc) is 3.43. The zero-order valence-electron chi connectivity index (χ0n) is 18.4. The molecule has 2 N–H and O–H groups in total. The fraction of sp³-hybridized carbons (Fsp3) is 0.652. The standard InChI is InChI=1S/C22H32N4O2.CH2O2/c1-25-18(13-21(27)26-10-4-5-11-26)8-9-19(25)15-24-22(28)17-12-16-6-2-3-7-20(16)23-14-17;2-1-3/h12,14,18-19H,2-11,13,15H2,1H3,(H,24,28);1H,(H,2,3)/t18-,19+;/m1./s1. The van der Waals surface area contributed by atoms with Gasteiger partial charge in [-0.05, 0) is 70.0 Å². The van der Waals surface area contributed by atoms with Gasteiger partial charge in [0.05, 0.1) is 5.56 Å². The molecule has 0 aromatic carbocycles. The number of hydrogen-bond donors (Lipinski definition) is 2. The summed E-state index contributed by atoms with van der Waals surface area (Å²) in [6.45, 7) is 2.22. The molecule has 1 aromatic rings. The number of pyridine rings is 1. The summed E-state index contributed by atoms with van der Waals surface area (Å²) in [6.07, 6.45) is 11.1. The number of fused-ring (bicyclic) bond motifs is 1. The van der Waals surface area contributed by atoms with Gasteiger partial charge in [-0.15, -0.1) is 0 Å². The van der Waals surface area contributed by atoms with E-state index in [1.54, 1.807) is 6.20 Å². The zero-order valence-corrected chi connectivity index (χ0v) is 18.4. The number of carbonyl (C=O) groups is 3. The summed E-state index contributed by atoms with van der Waals surface area (Å²) >= 11 is 0. The van der Waals surface area contributed by atoms with E-state index in [4.69, 9.17) is 9.90 Å². The van der Waals surface area contributed by atoms with E-state index in [-0.39, 0.29) is 12.4 Å². The van der Waals surface area contributed by atoms with Crippen molar-refractivity contribution in [2.45, 2.75) is 69.9 Å². The minimum absolute atomic E-state index is 0.0362. The number of carbonyl (C=O) groups excluding carboxylic acids is 2. The Morgan fingerprint density at radius 1 is 1.16 bits per heavy atom. The number of rotatable bonds is 5. The molecule has 0 spiro atoms. The van der Waals surface area contributed by atoms with Crippen molar-refractivity contribution in [3.63, 3.8) is 0 Å². The Bertz CT molecular complexity index is 779. The molecule has 3 aliphatic rings. The number of nitrogens with zero attached hydrogens (tertiary/aromatic N) is 3. The van der Waals surface area contributed by atoms with Gasteiger partial charge in [-0.2, -0.15) is 0 Å². The molecule has 2 atom stereocenters. The number of amides is 2. The smallest absolute Gasteiger partial charge is 0.290 e. The second-order valence-corrected chi connectivity index (χ2v) is 8.69. The lowest BCUT2D eigenvalue weighted by molar-refractivity contribution is -0.131. The minimum Gasteiger partial charge on any atom is -0.483 e. The number of hydrogen-bond acceptors (Lipinski definition) is 5. The molecular weight excluding hydrogens is 396 g/mol. The molecule has 1 aromatic heterocycles. The lowest BCUT2D eigenvalue weighted by Crippen LogP contribution is -2.42. The molecule has 3 heterocycles. The molecular formula is C23H34N4O4. The molecule has 0 bridgehead atoms. The SMILES string of the molecule is CN1[C@@H](CC(=O)N2CCCC2)CC[C@H]1CNC(=O)c1cnc2c(c1)CCCC2.O=CO. The summed E-state index contributed by atoms with van der Waals surface area (Å²) in [6, 6.07) is 2.61. The molecule has 2 aliphatic heterocycles. The summed E-state index contributed by atoms with van der Waals surface area (Å²) < 4.78 is 0. The quantitative estimate of drug-likeness (QED) is 0.692. The Morgan fingerprint density at radius 2 is 1.84 bits per heavy atom. The van der Waals surface area contributed by atoms with E-state index in [1.807, 2.05) is 11.0 Å². The highest BCUT2D eigenvalue weighted by Crippen LogP contribution is 2.26. The Labute approximate surface area is 184 Å². The summed E-state index contributed by atoms with van der Waals surface area (Å²) in [5, 5.41) is 9.98. The van der Waals surface area contributed by atoms with Crippen molar-refractivity contribution in [1.82, 2.24) is 20.1 Å². The van der Waals surface area contributed by atoms with Crippen LogP contribution in [-0.2, 0) is 22.4 Å². The molecule has 2 saturated heterocycles. The van der Waals surface area contributed by atoms with Crippen molar-refractivity contribution in [1.29, 1.82) is 0 Å². The Morgan fingerprint density at radius 3 is 2.58 bits per heavy atom. The molecule has 4 rings (SSSR count). The van der Waals surface area contributed by atoms with Crippen molar-refractivity contribution in [3.05, 3.63) is 29.1 Å². The fourth-order valence-electron chi connectivity index (χ4n) is 4.90. The van der Waals surface area contributed by atoms with E-state index in [0.29, 0.717) is 36.5 Å². The molecule has 0 unspecified atom stereocenters. The van der Waals surface area contributed by atoms with Crippen LogP contribution in [0.4, 0.5) is 0 Å². The van der Waals surface area contributed by atoms with Gasteiger partial charge in [0, 0.05) is 50.0 Å². The third-order valence-electron chi connectivity index (χ3n) is 6.78. The van der Waals surface area contributed by atoms with Gasteiger partial charge in [0.15, 0.2) is 0 Å². The van der Waals surface area contributed by atoms with Crippen LogP contribution in [-0.4, -0.2) is 76.9 Å². The first-order valence-electron chi connectivity index (χ1n) is 11.4. The third-order valence-corrected chi connectivity index (χ3v) is 6.78. The van der Waals surface area contributed by atoms with Crippen molar-refractivity contribution in [2.24, 2.45) is 0 Å². The largest absolute Gasteiger partial charge is 0.483 e. The average molecular weight is 431 g/mol. The predicted molar refractivity (Wildman–Crippen MR) is 117 cm³/mol. The summed E-state index contributed by atoms with van der Waals surface area (Å²) in [5.74, 6) is 0.255. The topological polar surface area (TPSA) is 103 Å². The van der Waals surface area contributed by atoms with Crippen LogP contribution in [0.15, 0.2) is 12.3 Å². The summed E-state index contributed by atoms with van der Waals surface area (Å²) in [5.41, 5.74) is 3.06. The van der Waals surface area contributed by atoms with Crippen LogP contribution < -0.4 is 5.32 Å². The normalized spacial score (nSPS) is 22.9. The Hall–Kier alpha value is -2.48. The van der Waals surface area contributed by atoms with Crippen LogP contribution in [0.5, 0.6) is 0 Å². The van der Waals surface area contributed by atoms with Gasteiger partial charge in [0.25, 0.3) is 12.4 Å². The van der Waals surface area contributed by atoms with Crippen LogP contribution >= 0.6 is 0 Å². The van der Waals surface area contributed by atoms with E-state index < -0.39 is 0 Å². The van der Waals surface area contributed by atoms with Crippen LogP contribution in [0.2, 0.25) is 0 Å². The van der Waals surface area contributed by atoms with Crippen LogP contribution in [0.1, 0.15) is 66.6 Å². The maximum absolute atomic E-state index is 12.6. The number of aryl methyl sites for hydroxylation is 2. The van der Waals surface area contributed by atoms with Gasteiger partial charge < -0.3 is 15.3 Å². The molecule has 0 radical (unpaired) electrons. The maximum Gasteiger partial charge on any atom is 0.290 e. The second-order valence-electron chi connectivity index (χ2n) is 8.69. The molecule has 2 fully saturated rings. The number of nitrogens with one attached hydrogen (secondary N) is 1. The lowest BCUT2D eigenvalue weighted by Gasteiger charge is -2.27. The fourth-order valence-corrected chi connectivity index (χ4v) is 4.90. The van der Waals surface area contributed by atoms with E-state index in [2.05, 4.69) is 22.2 Å². The van der Waals surface area contributed by atoms with Gasteiger partial charge in [0.1, 0.15) is 0 Å². The molecule has 0 saturated carbocycles. The Balaban J connectivity index is 0.000000858. The van der Waals surface area contributed by atoms with Crippen LogP contribution in [0.25, 0.3) is 0 Å². The number of likely N-dealkylation sites (N-methyl/N-ethyl adjacent to an activating group) is 1. The Kier molecular flexibility index (Phi) is 8.40. The van der Waals surface area contributed by atoms with E-state index in [9.17, 15) is 9.59 Å². The lowest BCUT2D eigenvalue weighted by atomic mass is 9.95. The van der Waals surface area contributed by atoms with Gasteiger partial charge in [-0.3, -0.25) is 24.3 Å². The third kappa shape index (κ3) is 6.03. The van der Waals surface area contributed by atoms with Crippen molar-refractivity contribution < 1.29 is 19.5 Å². The zero-order chi connectivity index (χ0) is 22.2. The van der Waals surface area contributed by atoms with Crippen LogP contribution in [0.3, 0.4) is 0 Å². The predicted octanol–water partition coefficient (Wildman–Crippen LogP) is 1.87. The van der Waals surface area contributed by atoms with Gasteiger partial charge >= 0.3 is 0 Å². The molecule has 2 amide bonds. The summed E-state index contributed by atoms with van der Waals surface area (Å²) in [4.78, 5) is 42.2. The highest BCUT2D eigenvalue weighted by molar-refractivity contribution is 5.94. The second kappa shape index (κ2) is 11.2. The van der Waals surface area contributed by atoms with E-state index in [1.165, 1.54) is 18.4 Å². The number of likely N-dealkylation sites (tertiary alicyclic amines) is 2. The molecule has 31 heavy (non-hydrogen) atoms. The molecule has 8 heteroatoms. The highest BCUT2D eigenvalue weighted by Gasteiger charge is 2.33. The van der Waals surface area contributed by atoms with Gasteiger partial charge in [0.2, 0.25) is 5.91 Å². The molecule has 170 valence electrons. The number of carboxylic acid groups (broad SMARTS) is 1. The van der Waals surface area contributed by atoms with Crippen LogP contribution in [0, 0.1) is 0 Å². The highest BCUT2D eigenvalue weighted by atomic mass is 16.3. The van der Waals surface area contributed by atoms with Crippen molar-refractivity contribution >= 4 is 18.3 Å². The first-order chi connectivity index (χ1) is 15.0. The van der Waals surface area contributed by atoms with E-state index in [0.717, 1.165) is 57.3 Å². The molecule has 1 aliphatic carbocycles. The van der Waals surface area contributed by atoms with Gasteiger partial charge in [-0.1, -0.05) is 0 Å². The van der Waals surface area contributed by atoms with E-state index >= 15 is 0 Å². The molecule has 8 nitrogen and oxygen atoms in total. The number of aromatic nitrogens is 1. The van der Waals surface area contributed by atoms with Crippen molar-refractivity contribution in [2.75, 3.05) is 26.7 Å². The monoisotopic (exact) mass is 430 g/mol. The minimum atomic E-state index is -0.250. The van der Waals surface area contributed by atoms with Gasteiger partial charge in [-0.25, -0.2) is 0 Å². The first-order valence-corrected chi connectivity index (χ1v) is 11.4. The first kappa shape index (κ1) is 23.2. The maximum atomic E-state index is 12.6. The summed E-state index contributed by atoms with van der Waals surface area (Å²) in [7, 11) is 2.09. The van der Waals surface area contributed by atoms with Crippen molar-refractivity contribution in [3.8, 4) is 0 Å².